The Bertz CT molecular complexity index is 947. The van der Waals surface area contributed by atoms with Crippen molar-refractivity contribution >= 4 is 50.8 Å². The summed E-state index contributed by atoms with van der Waals surface area (Å²) in [6.45, 7) is 6.30. The van der Waals surface area contributed by atoms with Gasteiger partial charge in [-0.15, -0.1) is 0 Å². The Morgan fingerprint density at radius 2 is 1.70 bits per heavy atom. The summed E-state index contributed by atoms with van der Waals surface area (Å²) in [6, 6.07) is 12.2. The van der Waals surface area contributed by atoms with Gasteiger partial charge in [-0.2, -0.15) is 0 Å². The van der Waals surface area contributed by atoms with E-state index in [0.717, 1.165) is 30.4 Å². The first-order valence-electron chi connectivity index (χ1n) is 10.8. The third-order valence-electron chi connectivity index (χ3n) is 4.62. The summed E-state index contributed by atoms with van der Waals surface area (Å²) in [5.74, 6) is 0.0432. The van der Waals surface area contributed by atoms with E-state index in [4.69, 9.17) is 21.7 Å². The topological polar surface area (TPSA) is 79.9 Å². The van der Waals surface area contributed by atoms with Gasteiger partial charge in [0.25, 0.3) is 11.8 Å². The average molecular weight is 536 g/mol. The Morgan fingerprint density at radius 1 is 1.03 bits per heavy atom. The quantitative estimate of drug-likeness (QED) is 0.316. The molecule has 178 valence electrons. The highest BCUT2D eigenvalue weighted by molar-refractivity contribution is 9.10. The van der Waals surface area contributed by atoms with Crippen LogP contribution in [0.25, 0.3) is 0 Å². The van der Waals surface area contributed by atoms with Crippen molar-refractivity contribution in [1.82, 2.24) is 10.2 Å². The van der Waals surface area contributed by atoms with E-state index in [1.54, 1.807) is 49.6 Å². The lowest BCUT2D eigenvalue weighted by atomic mass is 10.1. The molecular formula is C24H30BrN3O4S. The number of rotatable bonds is 11. The van der Waals surface area contributed by atoms with E-state index >= 15 is 0 Å². The zero-order chi connectivity index (χ0) is 24.2. The molecule has 2 N–H and O–H groups in total. The van der Waals surface area contributed by atoms with Crippen LogP contribution in [0.3, 0.4) is 0 Å². The van der Waals surface area contributed by atoms with Crippen LogP contribution in [0.2, 0.25) is 0 Å². The Kier molecular flexibility index (Phi) is 11.3. The molecule has 0 atom stereocenters. The summed E-state index contributed by atoms with van der Waals surface area (Å²) in [4.78, 5) is 27.3. The smallest absolute Gasteiger partial charge is 0.261 e. The number of halogens is 1. The van der Waals surface area contributed by atoms with Crippen LogP contribution in [0.5, 0.6) is 5.75 Å². The maximum atomic E-state index is 12.8. The molecule has 2 amide bonds. The van der Waals surface area contributed by atoms with Crippen LogP contribution in [-0.2, 0) is 4.74 Å². The van der Waals surface area contributed by atoms with Crippen molar-refractivity contribution in [3.8, 4) is 5.75 Å². The van der Waals surface area contributed by atoms with Gasteiger partial charge in [-0.05, 0) is 67.5 Å². The lowest BCUT2D eigenvalue weighted by Gasteiger charge is -2.21. The Morgan fingerprint density at radius 3 is 2.30 bits per heavy atom. The predicted octanol–water partition coefficient (Wildman–Crippen LogP) is 4.86. The van der Waals surface area contributed by atoms with Gasteiger partial charge in [0, 0.05) is 35.9 Å². The number of benzene rings is 2. The standard InChI is InChI=1S/C24H30BrN3O4S/c1-4-12-28(13-5-2)23(30)17-6-9-19(10-7-17)26-24(33)27-22(29)20-16-18(25)8-11-21(20)32-15-14-31-3/h6-11,16H,4-5,12-15H2,1-3H3,(H2,26,27,29,33). The highest BCUT2D eigenvalue weighted by Crippen LogP contribution is 2.23. The van der Waals surface area contributed by atoms with Crippen molar-refractivity contribution in [3.05, 3.63) is 58.1 Å². The number of carbonyl (C=O) groups excluding carboxylic acids is 2. The number of nitrogens with zero attached hydrogens (tertiary/aromatic N) is 1. The van der Waals surface area contributed by atoms with Gasteiger partial charge >= 0.3 is 0 Å². The summed E-state index contributed by atoms with van der Waals surface area (Å²) >= 11 is 8.67. The molecule has 0 aromatic heterocycles. The van der Waals surface area contributed by atoms with Gasteiger partial charge in [-0.3, -0.25) is 14.9 Å². The van der Waals surface area contributed by atoms with Gasteiger partial charge in [0.2, 0.25) is 0 Å². The van der Waals surface area contributed by atoms with Crippen molar-refractivity contribution in [2.75, 3.05) is 38.7 Å². The van der Waals surface area contributed by atoms with Crippen molar-refractivity contribution in [3.63, 3.8) is 0 Å². The number of methoxy groups -OCH3 is 1. The molecule has 0 spiro atoms. The van der Waals surface area contributed by atoms with E-state index in [0.29, 0.717) is 35.8 Å². The second-order valence-corrected chi connectivity index (χ2v) is 8.58. The second kappa shape index (κ2) is 13.9. The van der Waals surface area contributed by atoms with Crippen LogP contribution < -0.4 is 15.4 Å². The first kappa shape index (κ1) is 26.8. The van der Waals surface area contributed by atoms with Gasteiger partial charge in [-0.25, -0.2) is 0 Å². The highest BCUT2D eigenvalue weighted by atomic mass is 79.9. The first-order valence-corrected chi connectivity index (χ1v) is 12.0. The van der Waals surface area contributed by atoms with E-state index < -0.39 is 5.91 Å². The monoisotopic (exact) mass is 535 g/mol. The van der Waals surface area contributed by atoms with E-state index in [9.17, 15) is 9.59 Å². The molecule has 7 nitrogen and oxygen atoms in total. The number of amides is 2. The third-order valence-corrected chi connectivity index (χ3v) is 5.32. The Balaban J connectivity index is 2.01. The van der Waals surface area contributed by atoms with Gasteiger partial charge in [0.15, 0.2) is 5.11 Å². The molecule has 2 aromatic rings. The molecule has 0 saturated heterocycles. The molecule has 2 aromatic carbocycles. The zero-order valence-electron chi connectivity index (χ0n) is 19.2. The summed E-state index contributed by atoms with van der Waals surface area (Å²) in [7, 11) is 1.58. The molecule has 0 aliphatic carbocycles. The number of hydrogen-bond acceptors (Lipinski definition) is 5. The lowest BCUT2D eigenvalue weighted by Crippen LogP contribution is -2.34. The number of nitrogens with one attached hydrogen (secondary N) is 2. The maximum Gasteiger partial charge on any atom is 0.261 e. The Labute approximate surface area is 209 Å². The summed E-state index contributed by atoms with van der Waals surface area (Å²) in [5, 5.41) is 5.78. The average Bonchev–Trinajstić information content (AvgIpc) is 2.80. The first-order chi connectivity index (χ1) is 15.9. The number of ether oxygens (including phenoxy) is 2. The van der Waals surface area contributed by atoms with E-state index in [-0.39, 0.29) is 11.0 Å². The SMILES string of the molecule is CCCN(CCC)C(=O)c1ccc(NC(=S)NC(=O)c2cc(Br)ccc2OCCOC)cc1. The molecule has 9 heteroatoms. The molecule has 2 rings (SSSR count). The van der Waals surface area contributed by atoms with Gasteiger partial charge in [-0.1, -0.05) is 29.8 Å². The van der Waals surface area contributed by atoms with Gasteiger partial charge < -0.3 is 19.7 Å². The van der Waals surface area contributed by atoms with Crippen LogP contribution in [0, 0.1) is 0 Å². The third kappa shape index (κ3) is 8.42. The number of thiocarbonyl (C=S) groups is 1. The van der Waals surface area contributed by atoms with Crippen molar-refractivity contribution in [2.24, 2.45) is 0 Å². The number of anilines is 1. The van der Waals surface area contributed by atoms with Crippen molar-refractivity contribution < 1.29 is 19.1 Å². The summed E-state index contributed by atoms with van der Waals surface area (Å²) in [6.07, 6.45) is 1.83. The minimum absolute atomic E-state index is 0.0109. The van der Waals surface area contributed by atoms with Crippen LogP contribution in [0.4, 0.5) is 5.69 Å². The molecule has 0 bridgehead atoms. The van der Waals surface area contributed by atoms with E-state index in [2.05, 4.69) is 40.4 Å². The summed E-state index contributed by atoms with van der Waals surface area (Å²) < 4.78 is 11.4. The van der Waals surface area contributed by atoms with Crippen molar-refractivity contribution in [1.29, 1.82) is 0 Å². The normalized spacial score (nSPS) is 10.4. The van der Waals surface area contributed by atoms with Crippen LogP contribution in [-0.4, -0.2) is 55.2 Å². The molecule has 0 aliphatic heterocycles. The van der Waals surface area contributed by atoms with Crippen LogP contribution in [0.15, 0.2) is 46.9 Å². The predicted molar refractivity (Wildman–Crippen MR) is 138 cm³/mol. The minimum atomic E-state index is -0.400. The van der Waals surface area contributed by atoms with Gasteiger partial charge in [0.1, 0.15) is 12.4 Å². The molecule has 0 fully saturated rings. The molecule has 33 heavy (non-hydrogen) atoms. The van der Waals surface area contributed by atoms with Crippen LogP contribution >= 0.6 is 28.1 Å². The fourth-order valence-electron chi connectivity index (χ4n) is 3.11. The zero-order valence-corrected chi connectivity index (χ0v) is 21.6. The van der Waals surface area contributed by atoms with Gasteiger partial charge in [0.05, 0.1) is 12.2 Å². The fraction of sp³-hybridized carbons (Fsp3) is 0.375. The molecule has 0 saturated carbocycles. The molecule has 0 radical (unpaired) electrons. The minimum Gasteiger partial charge on any atom is -0.490 e. The maximum absolute atomic E-state index is 12.8. The Hall–Kier alpha value is -2.49. The van der Waals surface area contributed by atoms with Crippen LogP contribution in [0.1, 0.15) is 47.4 Å². The van der Waals surface area contributed by atoms with E-state index in [1.807, 2.05) is 4.90 Å². The summed E-state index contributed by atoms with van der Waals surface area (Å²) in [5.41, 5.74) is 1.63. The number of hydrogen-bond donors (Lipinski definition) is 2. The molecule has 0 aliphatic rings. The highest BCUT2D eigenvalue weighted by Gasteiger charge is 2.16. The lowest BCUT2D eigenvalue weighted by molar-refractivity contribution is 0.0755. The molecule has 0 heterocycles. The van der Waals surface area contributed by atoms with Crippen molar-refractivity contribution in [2.45, 2.75) is 26.7 Å². The number of carbonyl (C=O) groups is 2. The molecule has 0 unspecified atom stereocenters. The van der Waals surface area contributed by atoms with E-state index in [1.165, 1.54) is 0 Å². The molecular weight excluding hydrogens is 506 g/mol. The largest absolute Gasteiger partial charge is 0.490 e. The fourth-order valence-corrected chi connectivity index (χ4v) is 3.68. The second-order valence-electron chi connectivity index (χ2n) is 7.26.